The van der Waals surface area contributed by atoms with Crippen molar-refractivity contribution in [3.8, 4) is 0 Å². The third-order valence-corrected chi connectivity index (χ3v) is 4.02. The Morgan fingerprint density at radius 1 is 1.22 bits per heavy atom. The Morgan fingerprint density at radius 3 is 2.72 bits per heavy atom. The molecular formula is C15H21F2N. The van der Waals surface area contributed by atoms with Gasteiger partial charge in [-0.15, -0.1) is 0 Å². The van der Waals surface area contributed by atoms with Crippen LogP contribution in [0.4, 0.5) is 8.78 Å². The molecule has 0 spiro atoms. The van der Waals surface area contributed by atoms with Gasteiger partial charge in [-0.05, 0) is 37.2 Å². The standard InChI is InChI=1S/C15H21F2N/c1-10-6-7-14(11(2)8-10)18-9-12-4-3-5-13(16)15(12)17/h3-5,10-11,14,18H,6-9H2,1-2H3. The molecule has 0 saturated heterocycles. The van der Waals surface area contributed by atoms with Crippen LogP contribution < -0.4 is 5.32 Å². The van der Waals surface area contributed by atoms with Crippen LogP contribution in [0.5, 0.6) is 0 Å². The van der Waals surface area contributed by atoms with E-state index >= 15 is 0 Å². The molecule has 3 unspecified atom stereocenters. The molecule has 0 bridgehead atoms. The van der Waals surface area contributed by atoms with Gasteiger partial charge in [-0.1, -0.05) is 26.0 Å². The van der Waals surface area contributed by atoms with E-state index in [0.717, 1.165) is 18.4 Å². The molecule has 0 aliphatic heterocycles. The van der Waals surface area contributed by atoms with Crippen molar-refractivity contribution in [2.45, 2.75) is 45.7 Å². The van der Waals surface area contributed by atoms with Crippen molar-refractivity contribution in [1.29, 1.82) is 0 Å². The Hall–Kier alpha value is -0.960. The topological polar surface area (TPSA) is 12.0 Å². The van der Waals surface area contributed by atoms with Gasteiger partial charge in [0.25, 0.3) is 0 Å². The van der Waals surface area contributed by atoms with E-state index in [9.17, 15) is 8.78 Å². The maximum absolute atomic E-state index is 13.5. The summed E-state index contributed by atoms with van der Waals surface area (Å²) in [5.74, 6) is -0.101. The Balaban J connectivity index is 1.93. The fourth-order valence-electron chi connectivity index (χ4n) is 2.89. The molecular weight excluding hydrogens is 232 g/mol. The van der Waals surface area contributed by atoms with Crippen LogP contribution in [0.25, 0.3) is 0 Å². The zero-order chi connectivity index (χ0) is 13.1. The number of benzene rings is 1. The number of hydrogen-bond donors (Lipinski definition) is 1. The predicted octanol–water partition coefficient (Wildman–Crippen LogP) is 3.88. The van der Waals surface area contributed by atoms with Crippen LogP contribution in [-0.2, 0) is 6.54 Å². The maximum Gasteiger partial charge on any atom is 0.163 e. The summed E-state index contributed by atoms with van der Waals surface area (Å²) in [5.41, 5.74) is 0.417. The first-order valence-electron chi connectivity index (χ1n) is 6.74. The molecule has 1 saturated carbocycles. The van der Waals surface area contributed by atoms with E-state index in [0.29, 0.717) is 24.1 Å². The molecule has 1 aromatic rings. The van der Waals surface area contributed by atoms with Gasteiger partial charge >= 0.3 is 0 Å². The molecule has 1 N–H and O–H groups in total. The van der Waals surface area contributed by atoms with Crippen LogP contribution in [0, 0.1) is 23.5 Å². The first-order chi connectivity index (χ1) is 8.58. The van der Waals surface area contributed by atoms with Crippen molar-refractivity contribution in [2.75, 3.05) is 0 Å². The molecule has 1 aromatic carbocycles. The van der Waals surface area contributed by atoms with Gasteiger partial charge in [0.1, 0.15) is 0 Å². The normalized spacial score (nSPS) is 28.3. The van der Waals surface area contributed by atoms with Gasteiger partial charge in [-0.3, -0.25) is 0 Å². The summed E-state index contributed by atoms with van der Waals surface area (Å²) in [7, 11) is 0. The molecule has 0 radical (unpaired) electrons. The minimum Gasteiger partial charge on any atom is -0.310 e. The summed E-state index contributed by atoms with van der Waals surface area (Å²) >= 11 is 0. The maximum atomic E-state index is 13.5. The van der Waals surface area contributed by atoms with Crippen LogP contribution in [-0.4, -0.2) is 6.04 Å². The minimum absolute atomic E-state index is 0.410. The van der Waals surface area contributed by atoms with Crippen molar-refractivity contribution in [1.82, 2.24) is 5.32 Å². The Kier molecular flexibility index (Phi) is 4.33. The summed E-state index contributed by atoms with van der Waals surface area (Å²) in [5, 5.41) is 3.37. The van der Waals surface area contributed by atoms with Crippen LogP contribution in [0.2, 0.25) is 0 Å². The lowest BCUT2D eigenvalue weighted by Gasteiger charge is -2.33. The average Bonchev–Trinajstić information content (AvgIpc) is 2.33. The number of rotatable bonds is 3. The Morgan fingerprint density at radius 2 is 2.00 bits per heavy atom. The van der Waals surface area contributed by atoms with Crippen molar-refractivity contribution < 1.29 is 8.78 Å². The third-order valence-electron chi connectivity index (χ3n) is 4.02. The highest BCUT2D eigenvalue weighted by molar-refractivity contribution is 5.18. The summed E-state index contributed by atoms with van der Waals surface area (Å²) in [6, 6.07) is 4.77. The highest BCUT2D eigenvalue weighted by Gasteiger charge is 2.24. The Labute approximate surface area is 108 Å². The highest BCUT2D eigenvalue weighted by Crippen LogP contribution is 2.28. The molecule has 1 aliphatic rings. The van der Waals surface area contributed by atoms with Gasteiger partial charge < -0.3 is 5.32 Å². The average molecular weight is 253 g/mol. The molecule has 0 aromatic heterocycles. The molecule has 1 aliphatic carbocycles. The zero-order valence-electron chi connectivity index (χ0n) is 11.0. The zero-order valence-corrected chi connectivity index (χ0v) is 11.0. The van der Waals surface area contributed by atoms with Gasteiger partial charge in [-0.2, -0.15) is 0 Å². The third kappa shape index (κ3) is 3.08. The van der Waals surface area contributed by atoms with E-state index in [1.807, 2.05) is 0 Å². The monoisotopic (exact) mass is 253 g/mol. The molecule has 100 valence electrons. The SMILES string of the molecule is CC1CCC(NCc2cccc(F)c2F)C(C)C1. The quantitative estimate of drug-likeness (QED) is 0.862. The molecule has 1 fully saturated rings. The number of halogens is 2. The lowest BCUT2D eigenvalue weighted by atomic mass is 9.80. The molecule has 18 heavy (non-hydrogen) atoms. The fourth-order valence-corrected chi connectivity index (χ4v) is 2.89. The van der Waals surface area contributed by atoms with E-state index in [2.05, 4.69) is 19.2 Å². The number of hydrogen-bond acceptors (Lipinski definition) is 1. The van der Waals surface area contributed by atoms with Gasteiger partial charge in [0, 0.05) is 18.2 Å². The smallest absolute Gasteiger partial charge is 0.163 e. The second-order valence-electron chi connectivity index (χ2n) is 5.60. The van der Waals surface area contributed by atoms with Gasteiger partial charge in [0.05, 0.1) is 0 Å². The summed E-state index contributed by atoms with van der Waals surface area (Å²) in [6.45, 7) is 4.92. The minimum atomic E-state index is -0.764. The van der Waals surface area contributed by atoms with E-state index in [-0.39, 0.29) is 0 Å². The molecule has 0 heterocycles. The van der Waals surface area contributed by atoms with Crippen molar-refractivity contribution in [3.63, 3.8) is 0 Å². The van der Waals surface area contributed by atoms with E-state index in [4.69, 9.17) is 0 Å². The van der Waals surface area contributed by atoms with E-state index in [1.54, 1.807) is 12.1 Å². The molecule has 3 atom stereocenters. The van der Waals surface area contributed by atoms with Gasteiger partial charge in [-0.25, -0.2) is 8.78 Å². The second kappa shape index (κ2) is 5.79. The van der Waals surface area contributed by atoms with Crippen molar-refractivity contribution in [3.05, 3.63) is 35.4 Å². The van der Waals surface area contributed by atoms with Crippen LogP contribution in [0.15, 0.2) is 18.2 Å². The fraction of sp³-hybridized carbons (Fsp3) is 0.600. The lowest BCUT2D eigenvalue weighted by Crippen LogP contribution is -2.38. The van der Waals surface area contributed by atoms with Crippen LogP contribution in [0.3, 0.4) is 0 Å². The van der Waals surface area contributed by atoms with Gasteiger partial charge in [0.15, 0.2) is 11.6 Å². The summed E-state index contributed by atoms with van der Waals surface area (Å²) in [6.07, 6.45) is 3.55. The Bertz CT molecular complexity index is 405. The van der Waals surface area contributed by atoms with Gasteiger partial charge in [0.2, 0.25) is 0 Å². The molecule has 0 amide bonds. The van der Waals surface area contributed by atoms with E-state index < -0.39 is 11.6 Å². The van der Waals surface area contributed by atoms with Crippen LogP contribution in [0.1, 0.15) is 38.7 Å². The van der Waals surface area contributed by atoms with E-state index in [1.165, 1.54) is 12.8 Å². The van der Waals surface area contributed by atoms with Crippen LogP contribution >= 0.6 is 0 Å². The first kappa shape index (κ1) is 13.5. The second-order valence-corrected chi connectivity index (χ2v) is 5.60. The predicted molar refractivity (Wildman–Crippen MR) is 69.2 cm³/mol. The van der Waals surface area contributed by atoms with Crippen molar-refractivity contribution in [2.24, 2.45) is 11.8 Å². The first-order valence-corrected chi connectivity index (χ1v) is 6.74. The largest absolute Gasteiger partial charge is 0.310 e. The molecule has 2 rings (SSSR count). The lowest BCUT2D eigenvalue weighted by molar-refractivity contribution is 0.226. The molecule has 3 heteroatoms. The summed E-state index contributed by atoms with van der Waals surface area (Å²) in [4.78, 5) is 0. The summed E-state index contributed by atoms with van der Waals surface area (Å²) < 4.78 is 26.6. The van der Waals surface area contributed by atoms with Crippen molar-refractivity contribution >= 4 is 0 Å². The highest BCUT2D eigenvalue weighted by atomic mass is 19.2. The number of nitrogens with one attached hydrogen (secondary N) is 1. The molecule has 1 nitrogen and oxygen atoms in total.